The molecule has 0 bridgehead atoms. The van der Waals surface area contributed by atoms with E-state index in [-0.39, 0.29) is 11.7 Å². The molecule has 0 saturated carbocycles. The fourth-order valence-electron chi connectivity index (χ4n) is 3.13. The van der Waals surface area contributed by atoms with Crippen molar-refractivity contribution in [3.05, 3.63) is 35.5 Å². The van der Waals surface area contributed by atoms with Crippen LogP contribution in [0.25, 0.3) is 0 Å². The minimum absolute atomic E-state index is 0.211. The van der Waals surface area contributed by atoms with Crippen LogP contribution in [0.15, 0.2) is 30.0 Å². The van der Waals surface area contributed by atoms with Crippen LogP contribution < -0.4 is 10.2 Å². The fourth-order valence-corrected chi connectivity index (χ4v) is 3.13. The van der Waals surface area contributed by atoms with Crippen LogP contribution in [-0.4, -0.2) is 36.0 Å². The summed E-state index contributed by atoms with van der Waals surface area (Å²) in [7, 11) is 0. The SMILES string of the molecule is CC(C)(C)OC(=O)N1CCCc2cc(NC=C3C(=O)OC(C)(C)OC3=O)ccc21. The number of hydrogen-bond acceptors (Lipinski definition) is 7. The van der Waals surface area contributed by atoms with E-state index in [0.29, 0.717) is 12.2 Å². The van der Waals surface area contributed by atoms with Crippen LogP contribution in [0.1, 0.15) is 46.6 Å². The lowest BCUT2D eigenvalue weighted by Crippen LogP contribution is -2.42. The number of anilines is 2. The van der Waals surface area contributed by atoms with Gasteiger partial charge in [0, 0.05) is 32.3 Å². The normalized spacial score (nSPS) is 18.4. The molecule has 1 saturated heterocycles. The fraction of sp³-hybridized carbons (Fsp3) is 0.476. The van der Waals surface area contributed by atoms with Gasteiger partial charge in [0.05, 0.1) is 5.69 Å². The third-order valence-electron chi connectivity index (χ3n) is 4.31. The Morgan fingerprint density at radius 2 is 1.86 bits per heavy atom. The van der Waals surface area contributed by atoms with E-state index in [2.05, 4.69) is 5.32 Å². The second-order valence-corrected chi connectivity index (χ2v) is 8.46. The lowest BCUT2D eigenvalue weighted by molar-refractivity contribution is -0.222. The molecule has 0 aromatic heterocycles. The highest BCUT2D eigenvalue weighted by molar-refractivity contribution is 6.15. The molecule has 8 nitrogen and oxygen atoms in total. The Kier molecular flexibility index (Phi) is 5.30. The van der Waals surface area contributed by atoms with E-state index in [0.717, 1.165) is 24.1 Å². The highest BCUT2D eigenvalue weighted by Gasteiger charge is 2.39. The van der Waals surface area contributed by atoms with Crippen LogP contribution in [-0.2, 0) is 30.2 Å². The molecule has 1 amide bonds. The number of ether oxygens (including phenoxy) is 3. The minimum atomic E-state index is -1.28. The number of fused-ring (bicyclic) bond motifs is 1. The van der Waals surface area contributed by atoms with E-state index >= 15 is 0 Å². The summed E-state index contributed by atoms with van der Waals surface area (Å²) < 4.78 is 15.6. The first-order valence-electron chi connectivity index (χ1n) is 9.52. The summed E-state index contributed by atoms with van der Waals surface area (Å²) in [6, 6.07) is 5.47. The maximum Gasteiger partial charge on any atom is 0.414 e. The largest absolute Gasteiger partial charge is 0.443 e. The van der Waals surface area contributed by atoms with Gasteiger partial charge in [-0.15, -0.1) is 0 Å². The molecule has 2 aliphatic rings. The summed E-state index contributed by atoms with van der Waals surface area (Å²) in [6.45, 7) is 9.07. The first-order valence-corrected chi connectivity index (χ1v) is 9.52. The zero-order chi connectivity index (χ0) is 21.4. The molecule has 3 rings (SSSR count). The zero-order valence-electron chi connectivity index (χ0n) is 17.3. The summed E-state index contributed by atoms with van der Waals surface area (Å²) in [5, 5.41) is 2.94. The van der Waals surface area contributed by atoms with Crippen LogP contribution in [0.5, 0.6) is 0 Å². The number of carbonyl (C=O) groups is 3. The third kappa shape index (κ3) is 4.88. The average molecular weight is 402 g/mol. The molecule has 1 fully saturated rings. The number of carbonyl (C=O) groups excluding carboxylic acids is 3. The molecular formula is C21H26N2O6. The van der Waals surface area contributed by atoms with Gasteiger partial charge in [-0.05, 0) is 57.4 Å². The lowest BCUT2D eigenvalue weighted by atomic mass is 10.0. The molecule has 1 aromatic carbocycles. The summed E-state index contributed by atoms with van der Waals surface area (Å²) in [5.74, 6) is -2.76. The molecule has 156 valence electrons. The quantitative estimate of drug-likeness (QED) is 0.460. The van der Waals surface area contributed by atoms with E-state index in [1.165, 1.54) is 20.0 Å². The first-order chi connectivity index (χ1) is 13.5. The topological polar surface area (TPSA) is 94.2 Å². The molecule has 0 spiro atoms. The van der Waals surface area contributed by atoms with Gasteiger partial charge < -0.3 is 19.5 Å². The Morgan fingerprint density at radius 3 is 2.48 bits per heavy atom. The van der Waals surface area contributed by atoms with Crippen LogP contribution in [0.3, 0.4) is 0 Å². The van der Waals surface area contributed by atoms with E-state index < -0.39 is 23.3 Å². The number of rotatable bonds is 2. The smallest absolute Gasteiger partial charge is 0.414 e. The maximum absolute atomic E-state index is 12.5. The summed E-state index contributed by atoms with van der Waals surface area (Å²) in [4.78, 5) is 38.2. The second kappa shape index (κ2) is 7.42. The maximum atomic E-state index is 12.5. The van der Waals surface area contributed by atoms with Gasteiger partial charge >= 0.3 is 18.0 Å². The molecule has 8 heteroatoms. The molecule has 1 aromatic rings. The average Bonchev–Trinajstić information content (AvgIpc) is 2.57. The predicted molar refractivity (Wildman–Crippen MR) is 106 cm³/mol. The Hall–Kier alpha value is -3.03. The number of nitrogens with zero attached hydrogens (tertiary/aromatic N) is 1. The van der Waals surface area contributed by atoms with E-state index in [1.807, 2.05) is 32.9 Å². The molecule has 2 heterocycles. The first kappa shape index (κ1) is 20.7. The van der Waals surface area contributed by atoms with Crippen molar-refractivity contribution < 1.29 is 28.6 Å². The standard InChI is InChI=1S/C21H26N2O6/c1-20(2,3)29-19(26)23-10-6-7-13-11-14(8-9-16(13)23)22-12-15-17(24)27-21(4,5)28-18(15)25/h8-9,11-12,22H,6-7,10H2,1-5H3. The van der Waals surface area contributed by atoms with Gasteiger partial charge in [-0.1, -0.05) is 0 Å². The van der Waals surface area contributed by atoms with Crippen molar-refractivity contribution in [3.63, 3.8) is 0 Å². The van der Waals surface area contributed by atoms with E-state index in [4.69, 9.17) is 14.2 Å². The monoisotopic (exact) mass is 402 g/mol. The molecule has 2 aliphatic heterocycles. The van der Waals surface area contributed by atoms with Crippen LogP contribution in [0.4, 0.5) is 16.2 Å². The molecule has 0 atom stereocenters. The third-order valence-corrected chi connectivity index (χ3v) is 4.31. The summed E-state index contributed by atoms with van der Waals surface area (Å²) in [5.41, 5.74) is 1.66. The van der Waals surface area contributed by atoms with Gasteiger partial charge in [0.25, 0.3) is 5.79 Å². The van der Waals surface area contributed by atoms with Gasteiger partial charge in [-0.3, -0.25) is 4.90 Å². The van der Waals surface area contributed by atoms with Crippen molar-refractivity contribution in [3.8, 4) is 0 Å². The molecule has 0 radical (unpaired) electrons. The summed E-state index contributed by atoms with van der Waals surface area (Å²) >= 11 is 0. The van der Waals surface area contributed by atoms with Crippen LogP contribution >= 0.6 is 0 Å². The number of aryl methyl sites for hydroxylation is 1. The van der Waals surface area contributed by atoms with Gasteiger partial charge in [0.1, 0.15) is 5.60 Å². The van der Waals surface area contributed by atoms with Gasteiger partial charge in [-0.25, -0.2) is 14.4 Å². The van der Waals surface area contributed by atoms with Crippen molar-refractivity contribution in [2.45, 2.75) is 58.8 Å². The molecule has 0 unspecified atom stereocenters. The Bertz CT molecular complexity index is 860. The number of benzene rings is 1. The van der Waals surface area contributed by atoms with Crippen molar-refractivity contribution in [2.75, 3.05) is 16.8 Å². The molecule has 29 heavy (non-hydrogen) atoms. The van der Waals surface area contributed by atoms with Crippen LogP contribution in [0, 0.1) is 0 Å². The van der Waals surface area contributed by atoms with Crippen molar-refractivity contribution >= 4 is 29.4 Å². The Labute approximate surface area is 169 Å². The molecular weight excluding hydrogens is 376 g/mol. The zero-order valence-corrected chi connectivity index (χ0v) is 17.3. The second-order valence-electron chi connectivity index (χ2n) is 8.46. The number of amides is 1. The van der Waals surface area contributed by atoms with E-state index in [1.54, 1.807) is 11.0 Å². The van der Waals surface area contributed by atoms with Crippen molar-refractivity contribution in [1.29, 1.82) is 0 Å². The Morgan fingerprint density at radius 1 is 1.21 bits per heavy atom. The van der Waals surface area contributed by atoms with Crippen molar-refractivity contribution in [1.82, 2.24) is 0 Å². The summed E-state index contributed by atoms with van der Waals surface area (Å²) in [6.07, 6.45) is 2.51. The molecule has 1 N–H and O–H groups in total. The van der Waals surface area contributed by atoms with E-state index in [9.17, 15) is 14.4 Å². The van der Waals surface area contributed by atoms with Gasteiger partial charge in [-0.2, -0.15) is 0 Å². The lowest BCUT2D eigenvalue weighted by Gasteiger charge is -2.32. The predicted octanol–water partition coefficient (Wildman–Crippen LogP) is 3.51. The highest BCUT2D eigenvalue weighted by atomic mass is 16.7. The number of esters is 2. The molecule has 0 aliphatic carbocycles. The van der Waals surface area contributed by atoms with Gasteiger partial charge in [0.2, 0.25) is 0 Å². The number of hydrogen-bond donors (Lipinski definition) is 1. The van der Waals surface area contributed by atoms with Gasteiger partial charge in [0.15, 0.2) is 5.57 Å². The number of cyclic esters (lactones) is 2. The Balaban J connectivity index is 1.76. The van der Waals surface area contributed by atoms with Crippen LogP contribution in [0.2, 0.25) is 0 Å². The minimum Gasteiger partial charge on any atom is -0.443 e. The highest BCUT2D eigenvalue weighted by Crippen LogP contribution is 2.31. The number of nitrogens with one attached hydrogen (secondary N) is 1. The van der Waals surface area contributed by atoms with Crippen molar-refractivity contribution in [2.24, 2.45) is 0 Å².